The van der Waals surface area contributed by atoms with Crippen molar-refractivity contribution in [3.05, 3.63) is 29.8 Å². The number of likely N-dealkylation sites (N-methyl/N-ethyl adjacent to an activating group) is 1. The fourth-order valence-electron chi connectivity index (χ4n) is 1.68. The third kappa shape index (κ3) is 7.06. The summed E-state index contributed by atoms with van der Waals surface area (Å²) in [6.45, 7) is 3.76. The molecule has 0 spiro atoms. The van der Waals surface area contributed by atoms with Crippen molar-refractivity contribution in [2.24, 2.45) is 5.10 Å². The van der Waals surface area contributed by atoms with Crippen LogP contribution >= 0.6 is 12.2 Å². The van der Waals surface area contributed by atoms with E-state index in [2.05, 4.69) is 22.8 Å². The SMILES string of the molecule is CCCCNC(=S)NN=Cc1ccc(N(C)CCO)cc1. The number of unbranched alkanes of at least 4 members (excludes halogenated alkanes) is 1. The average molecular weight is 308 g/mol. The molecule has 116 valence electrons. The van der Waals surface area contributed by atoms with Crippen molar-refractivity contribution in [1.82, 2.24) is 10.7 Å². The van der Waals surface area contributed by atoms with E-state index in [9.17, 15) is 0 Å². The van der Waals surface area contributed by atoms with Gasteiger partial charge in [0.2, 0.25) is 0 Å². The number of nitrogens with one attached hydrogen (secondary N) is 2. The minimum atomic E-state index is 0.145. The molecule has 0 saturated carbocycles. The van der Waals surface area contributed by atoms with Gasteiger partial charge in [-0.1, -0.05) is 25.5 Å². The van der Waals surface area contributed by atoms with Gasteiger partial charge in [-0.05, 0) is 36.3 Å². The summed E-state index contributed by atoms with van der Waals surface area (Å²) < 4.78 is 0. The monoisotopic (exact) mass is 308 g/mol. The van der Waals surface area contributed by atoms with Crippen LogP contribution in [-0.4, -0.2) is 43.2 Å². The van der Waals surface area contributed by atoms with Crippen LogP contribution in [0.25, 0.3) is 0 Å². The van der Waals surface area contributed by atoms with Gasteiger partial charge in [-0.3, -0.25) is 5.43 Å². The molecule has 1 rings (SSSR count). The van der Waals surface area contributed by atoms with Crippen LogP contribution in [0, 0.1) is 0 Å². The minimum absolute atomic E-state index is 0.145. The van der Waals surface area contributed by atoms with Gasteiger partial charge in [0.1, 0.15) is 0 Å². The molecule has 6 heteroatoms. The van der Waals surface area contributed by atoms with E-state index in [4.69, 9.17) is 17.3 Å². The van der Waals surface area contributed by atoms with Gasteiger partial charge in [0, 0.05) is 25.8 Å². The van der Waals surface area contributed by atoms with Crippen LogP contribution in [0.2, 0.25) is 0 Å². The Kier molecular flexibility index (Phi) is 8.38. The number of rotatable bonds is 8. The van der Waals surface area contributed by atoms with Gasteiger partial charge >= 0.3 is 0 Å². The fraction of sp³-hybridized carbons (Fsp3) is 0.467. The number of nitrogens with zero attached hydrogens (tertiary/aromatic N) is 2. The molecule has 0 radical (unpaired) electrons. The molecule has 0 aliphatic heterocycles. The molecule has 0 fully saturated rings. The molecule has 0 bridgehead atoms. The summed E-state index contributed by atoms with van der Waals surface area (Å²) in [7, 11) is 1.95. The van der Waals surface area contributed by atoms with Gasteiger partial charge in [0.15, 0.2) is 5.11 Å². The number of thiocarbonyl (C=S) groups is 1. The number of hydrogen-bond acceptors (Lipinski definition) is 4. The van der Waals surface area contributed by atoms with E-state index >= 15 is 0 Å². The molecule has 0 aliphatic rings. The zero-order valence-corrected chi connectivity index (χ0v) is 13.5. The maximum absolute atomic E-state index is 8.91. The van der Waals surface area contributed by atoms with E-state index < -0.39 is 0 Å². The van der Waals surface area contributed by atoms with E-state index in [1.165, 1.54) is 0 Å². The number of aliphatic hydroxyl groups is 1. The molecule has 3 N–H and O–H groups in total. The van der Waals surface area contributed by atoms with Crippen molar-refractivity contribution in [2.75, 3.05) is 31.6 Å². The van der Waals surface area contributed by atoms with Crippen molar-refractivity contribution in [2.45, 2.75) is 19.8 Å². The second kappa shape index (κ2) is 10.1. The standard InChI is InChI=1S/C15H24N4OS/c1-3-4-9-16-15(21)18-17-12-13-5-7-14(8-6-13)19(2)10-11-20/h5-8,12,20H,3-4,9-11H2,1-2H3,(H2,16,18,21). The first-order valence-electron chi connectivity index (χ1n) is 7.16. The molecule has 0 unspecified atom stereocenters. The number of aliphatic hydroxyl groups excluding tert-OH is 1. The Bertz CT molecular complexity index is 447. The Morgan fingerprint density at radius 2 is 2.10 bits per heavy atom. The van der Waals surface area contributed by atoms with Gasteiger partial charge in [0.05, 0.1) is 12.8 Å². The van der Waals surface area contributed by atoms with Crippen molar-refractivity contribution in [1.29, 1.82) is 0 Å². The van der Waals surface area contributed by atoms with Crippen molar-refractivity contribution >= 4 is 29.2 Å². The molecule has 1 aromatic rings. The Labute approximate surface area is 132 Å². The Balaban J connectivity index is 2.41. The lowest BCUT2D eigenvalue weighted by molar-refractivity contribution is 0.304. The summed E-state index contributed by atoms with van der Waals surface area (Å²) in [5.41, 5.74) is 4.84. The molecule has 0 heterocycles. The lowest BCUT2D eigenvalue weighted by atomic mass is 10.2. The molecule has 21 heavy (non-hydrogen) atoms. The molecule has 0 aliphatic carbocycles. The van der Waals surface area contributed by atoms with Crippen LogP contribution < -0.4 is 15.6 Å². The second-order valence-corrected chi connectivity index (χ2v) is 5.12. The lowest BCUT2D eigenvalue weighted by Gasteiger charge is -2.17. The van der Waals surface area contributed by atoms with Gasteiger partial charge in [0.25, 0.3) is 0 Å². The number of hydrazone groups is 1. The van der Waals surface area contributed by atoms with E-state index in [1.54, 1.807) is 6.21 Å². The molecule has 0 amide bonds. The highest BCUT2D eigenvalue weighted by Gasteiger charge is 1.99. The fourth-order valence-corrected chi connectivity index (χ4v) is 1.83. The third-order valence-electron chi connectivity index (χ3n) is 2.96. The first kappa shape index (κ1) is 17.4. The quantitative estimate of drug-likeness (QED) is 0.295. The second-order valence-electron chi connectivity index (χ2n) is 4.72. The number of anilines is 1. The smallest absolute Gasteiger partial charge is 0.186 e. The van der Waals surface area contributed by atoms with E-state index in [-0.39, 0.29) is 6.61 Å². The summed E-state index contributed by atoms with van der Waals surface area (Å²) in [5.74, 6) is 0. The van der Waals surface area contributed by atoms with Gasteiger partial charge in [-0.15, -0.1) is 0 Å². The number of hydrogen-bond donors (Lipinski definition) is 3. The first-order valence-corrected chi connectivity index (χ1v) is 7.57. The molecule has 5 nitrogen and oxygen atoms in total. The molecule has 1 aromatic carbocycles. The van der Waals surface area contributed by atoms with Crippen LogP contribution in [0.15, 0.2) is 29.4 Å². The summed E-state index contributed by atoms with van der Waals surface area (Å²) in [4.78, 5) is 1.99. The Hall–Kier alpha value is -1.66. The van der Waals surface area contributed by atoms with Crippen LogP contribution in [0.3, 0.4) is 0 Å². The summed E-state index contributed by atoms with van der Waals surface area (Å²) in [6, 6.07) is 7.94. The van der Waals surface area contributed by atoms with Gasteiger partial charge in [-0.2, -0.15) is 5.10 Å². The maximum Gasteiger partial charge on any atom is 0.186 e. The predicted molar refractivity (Wildman–Crippen MR) is 93.0 cm³/mol. The lowest BCUT2D eigenvalue weighted by Crippen LogP contribution is -2.32. The van der Waals surface area contributed by atoms with E-state index in [1.807, 2.05) is 36.2 Å². The van der Waals surface area contributed by atoms with Crippen LogP contribution in [0.1, 0.15) is 25.3 Å². The predicted octanol–water partition coefficient (Wildman–Crippen LogP) is 1.71. The highest BCUT2D eigenvalue weighted by molar-refractivity contribution is 7.80. The van der Waals surface area contributed by atoms with Crippen LogP contribution in [-0.2, 0) is 0 Å². The van der Waals surface area contributed by atoms with Crippen molar-refractivity contribution in [3.63, 3.8) is 0 Å². The zero-order valence-electron chi connectivity index (χ0n) is 12.7. The normalized spacial score (nSPS) is 10.6. The zero-order chi connectivity index (χ0) is 15.5. The van der Waals surface area contributed by atoms with Crippen LogP contribution in [0.4, 0.5) is 5.69 Å². The Morgan fingerprint density at radius 1 is 1.38 bits per heavy atom. The summed E-state index contributed by atoms with van der Waals surface area (Å²) in [5, 5.41) is 16.6. The average Bonchev–Trinajstić information content (AvgIpc) is 2.48. The summed E-state index contributed by atoms with van der Waals surface area (Å²) in [6.07, 6.45) is 3.95. The molecule has 0 aromatic heterocycles. The third-order valence-corrected chi connectivity index (χ3v) is 3.20. The van der Waals surface area contributed by atoms with Crippen molar-refractivity contribution in [3.8, 4) is 0 Å². The van der Waals surface area contributed by atoms with E-state index in [0.717, 1.165) is 30.6 Å². The van der Waals surface area contributed by atoms with Crippen LogP contribution in [0.5, 0.6) is 0 Å². The van der Waals surface area contributed by atoms with Gasteiger partial charge < -0.3 is 15.3 Å². The summed E-state index contributed by atoms with van der Waals surface area (Å²) >= 11 is 5.10. The largest absolute Gasteiger partial charge is 0.395 e. The Morgan fingerprint density at radius 3 is 2.71 bits per heavy atom. The highest BCUT2D eigenvalue weighted by atomic mass is 32.1. The maximum atomic E-state index is 8.91. The molecule has 0 saturated heterocycles. The molecular weight excluding hydrogens is 284 g/mol. The van der Waals surface area contributed by atoms with Crippen molar-refractivity contribution < 1.29 is 5.11 Å². The van der Waals surface area contributed by atoms with Gasteiger partial charge in [-0.25, -0.2) is 0 Å². The number of benzene rings is 1. The molecule has 0 atom stereocenters. The molecular formula is C15H24N4OS. The van der Waals surface area contributed by atoms with E-state index in [0.29, 0.717) is 11.7 Å². The first-order chi connectivity index (χ1) is 10.2. The minimum Gasteiger partial charge on any atom is -0.395 e. The topological polar surface area (TPSA) is 59.9 Å². The highest BCUT2D eigenvalue weighted by Crippen LogP contribution is 2.12.